The molecule has 7 nitrogen and oxygen atoms in total. The van der Waals surface area contributed by atoms with Gasteiger partial charge in [0, 0.05) is 36.7 Å². The molecule has 1 aromatic carbocycles. The number of carboxylic acids is 1. The Labute approximate surface area is 237 Å². The van der Waals surface area contributed by atoms with Crippen LogP contribution in [0.2, 0.25) is 10.2 Å². The molecule has 2 heterocycles. The number of pyridine rings is 1. The smallest absolute Gasteiger partial charge is 0.343 e. The number of anilines is 1. The summed E-state index contributed by atoms with van der Waals surface area (Å²) in [6.45, 7) is 10.4. The molecule has 39 heavy (non-hydrogen) atoms. The maximum absolute atomic E-state index is 15.5. The van der Waals surface area contributed by atoms with Crippen LogP contribution in [0.4, 0.5) is 10.2 Å². The largest absolute Gasteiger partial charge is 0.477 e. The van der Waals surface area contributed by atoms with Crippen molar-refractivity contribution in [3.05, 3.63) is 82.3 Å². The molecule has 1 saturated carbocycles. The van der Waals surface area contributed by atoms with Crippen LogP contribution in [-0.2, 0) is 9.59 Å². The first-order valence-electron chi connectivity index (χ1n) is 12.6. The van der Waals surface area contributed by atoms with Crippen molar-refractivity contribution in [3.63, 3.8) is 0 Å². The standard InChI is InChI=1S/C29H29Cl2FN4O3/c1-16(10-11-17(2)29(38)39)18(3)33-22-15-36(14-19-12-13-19)27(25(22)20-6-4-7-21(30)26(20)32)28(37)35-24-9-5-8-23(31)34-24/h4-9,18-19,22,25,27,33H,1-2,12-15H2,3H3,(H,38,39)(H,34,35,37)/t18-,22?,25+,27?/m1/s1. The second kappa shape index (κ2) is 12.3. The molecule has 1 aliphatic carbocycles. The molecule has 2 fully saturated rings. The van der Waals surface area contributed by atoms with Crippen molar-refractivity contribution in [3.8, 4) is 11.8 Å². The molecule has 1 amide bonds. The fourth-order valence-corrected chi connectivity index (χ4v) is 5.16. The van der Waals surface area contributed by atoms with Crippen molar-refractivity contribution >= 4 is 40.9 Å². The highest BCUT2D eigenvalue weighted by molar-refractivity contribution is 6.30. The third-order valence-corrected chi connectivity index (χ3v) is 7.48. The van der Waals surface area contributed by atoms with Crippen LogP contribution in [0.3, 0.4) is 0 Å². The normalized spacial score (nSPS) is 21.5. The summed E-state index contributed by atoms with van der Waals surface area (Å²) >= 11 is 12.2. The lowest BCUT2D eigenvalue weighted by Crippen LogP contribution is -2.45. The second-order valence-corrected chi connectivity index (χ2v) is 10.7. The Bertz CT molecular complexity index is 1370. The molecule has 2 unspecified atom stereocenters. The number of halogens is 3. The number of carbonyl (C=O) groups excluding carboxylic acids is 1. The minimum atomic E-state index is -1.21. The van der Waals surface area contributed by atoms with E-state index < -0.39 is 29.8 Å². The van der Waals surface area contributed by atoms with Gasteiger partial charge < -0.3 is 15.7 Å². The van der Waals surface area contributed by atoms with E-state index in [9.17, 15) is 9.59 Å². The summed E-state index contributed by atoms with van der Waals surface area (Å²) < 4.78 is 15.5. The molecule has 2 aliphatic rings. The zero-order valence-corrected chi connectivity index (χ0v) is 22.9. The highest BCUT2D eigenvalue weighted by Gasteiger charge is 2.49. The van der Waals surface area contributed by atoms with E-state index in [0.29, 0.717) is 36.0 Å². The average molecular weight is 571 g/mol. The maximum atomic E-state index is 15.5. The summed E-state index contributed by atoms with van der Waals surface area (Å²) in [5.74, 6) is 3.28. The Morgan fingerprint density at radius 3 is 2.59 bits per heavy atom. The fraction of sp³-hybridized carbons (Fsp3) is 0.345. The molecular formula is C29H29Cl2FN4O3. The number of hydrogen-bond donors (Lipinski definition) is 3. The Hall–Kier alpha value is -3.22. The van der Waals surface area contributed by atoms with Crippen LogP contribution >= 0.6 is 23.2 Å². The lowest BCUT2D eigenvalue weighted by molar-refractivity contribution is -0.132. The number of carboxylic acid groups (broad SMARTS) is 1. The highest BCUT2D eigenvalue weighted by Crippen LogP contribution is 2.40. The Kier molecular flexibility index (Phi) is 9.08. The van der Waals surface area contributed by atoms with Gasteiger partial charge in [0.15, 0.2) is 0 Å². The number of benzene rings is 1. The third kappa shape index (κ3) is 7.06. The van der Waals surface area contributed by atoms with Gasteiger partial charge >= 0.3 is 5.97 Å². The number of rotatable bonds is 9. The van der Waals surface area contributed by atoms with Crippen LogP contribution in [0.25, 0.3) is 0 Å². The summed E-state index contributed by atoms with van der Waals surface area (Å²) in [7, 11) is 0. The molecule has 0 spiro atoms. The molecule has 0 bridgehead atoms. The number of amides is 1. The van der Waals surface area contributed by atoms with E-state index in [0.717, 1.165) is 12.8 Å². The van der Waals surface area contributed by atoms with E-state index in [1.807, 2.05) is 6.92 Å². The van der Waals surface area contributed by atoms with Gasteiger partial charge in [-0.05, 0) is 49.4 Å². The monoisotopic (exact) mass is 570 g/mol. The molecule has 1 aliphatic heterocycles. The second-order valence-electron chi connectivity index (χ2n) is 9.90. The molecule has 0 radical (unpaired) electrons. The molecule has 4 atom stereocenters. The zero-order valence-electron chi connectivity index (χ0n) is 21.4. The minimum Gasteiger partial charge on any atom is -0.477 e. The van der Waals surface area contributed by atoms with Crippen LogP contribution in [-0.4, -0.2) is 58.1 Å². The third-order valence-electron chi connectivity index (χ3n) is 6.98. The van der Waals surface area contributed by atoms with E-state index >= 15 is 4.39 Å². The van der Waals surface area contributed by atoms with Crippen LogP contribution in [0.1, 0.15) is 31.2 Å². The summed E-state index contributed by atoms with van der Waals surface area (Å²) in [6, 6.07) is 8.23. The molecular weight excluding hydrogens is 542 g/mol. The van der Waals surface area contributed by atoms with E-state index in [4.69, 9.17) is 28.3 Å². The molecule has 1 aromatic heterocycles. The first-order valence-corrected chi connectivity index (χ1v) is 13.3. The number of carbonyl (C=O) groups is 2. The van der Waals surface area contributed by atoms with Crippen LogP contribution in [0, 0.1) is 23.6 Å². The van der Waals surface area contributed by atoms with Crippen molar-refractivity contribution in [1.29, 1.82) is 0 Å². The zero-order chi connectivity index (χ0) is 28.3. The van der Waals surface area contributed by atoms with Crippen molar-refractivity contribution in [1.82, 2.24) is 15.2 Å². The Morgan fingerprint density at radius 1 is 1.21 bits per heavy atom. The molecule has 1 saturated heterocycles. The molecule has 2 aromatic rings. The van der Waals surface area contributed by atoms with Gasteiger partial charge in [-0.25, -0.2) is 14.2 Å². The minimum absolute atomic E-state index is 0.0296. The van der Waals surface area contributed by atoms with Gasteiger partial charge in [-0.2, -0.15) is 0 Å². The summed E-state index contributed by atoms with van der Waals surface area (Å²) in [5.41, 5.74) is 0.512. The van der Waals surface area contributed by atoms with E-state index in [1.165, 1.54) is 6.07 Å². The molecule has 3 N–H and O–H groups in total. The summed E-state index contributed by atoms with van der Waals surface area (Å²) in [6.07, 6.45) is 2.15. The van der Waals surface area contributed by atoms with Crippen LogP contribution in [0.5, 0.6) is 0 Å². The quantitative estimate of drug-likeness (QED) is 0.226. The van der Waals surface area contributed by atoms with Gasteiger partial charge in [-0.1, -0.05) is 66.4 Å². The van der Waals surface area contributed by atoms with Gasteiger partial charge in [0.2, 0.25) is 5.91 Å². The van der Waals surface area contributed by atoms with Gasteiger partial charge in [0.1, 0.15) is 22.4 Å². The van der Waals surface area contributed by atoms with Gasteiger partial charge in [-0.3, -0.25) is 9.69 Å². The van der Waals surface area contributed by atoms with Gasteiger partial charge in [-0.15, -0.1) is 0 Å². The topological polar surface area (TPSA) is 94.6 Å². The number of nitrogens with one attached hydrogen (secondary N) is 2. The van der Waals surface area contributed by atoms with Crippen molar-refractivity contribution in [2.75, 3.05) is 18.4 Å². The molecule has 204 valence electrons. The number of aliphatic carboxylic acids is 1. The van der Waals surface area contributed by atoms with Crippen LogP contribution < -0.4 is 10.6 Å². The highest BCUT2D eigenvalue weighted by atomic mass is 35.5. The lowest BCUT2D eigenvalue weighted by Gasteiger charge is -2.29. The van der Waals surface area contributed by atoms with E-state index in [-0.39, 0.29) is 27.7 Å². The van der Waals surface area contributed by atoms with Crippen LogP contribution in [0.15, 0.2) is 60.7 Å². The van der Waals surface area contributed by atoms with Crippen molar-refractivity contribution < 1.29 is 19.1 Å². The number of likely N-dealkylation sites (tertiary alicyclic amines) is 1. The number of aromatic nitrogens is 1. The number of nitrogens with zero attached hydrogens (tertiary/aromatic N) is 2. The van der Waals surface area contributed by atoms with E-state index in [1.54, 1.807) is 30.3 Å². The average Bonchev–Trinajstić information content (AvgIpc) is 3.63. The number of hydrogen-bond acceptors (Lipinski definition) is 5. The SMILES string of the molecule is C=C(C#CC(=C)[C@@H](C)NC1CN(CC2CC2)C(C(=O)Nc2cccc(Cl)n2)[C@H]1c1cccc(Cl)c1F)C(=O)O. The molecule has 4 rings (SSSR count). The predicted octanol–water partition coefficient (Wildman–Crippen LogP) is 4.89. The fourth-order valence-electron chi connectivity index (χ4n) is 4.81. The molecule has 10 heteroatoms. The van der Waals surface area contributed by atoms with Crippen molar-refractivity contribution in [2.24, 2.45) is 5.92 Å². The summed E-state index contributed by atoms with van der Waals surface area (Å²) in [4.78, 5) is 31.1. The maximum Gasteiger partial charge on any atom is 0.343 e. The first-order chi connectivity index (χ1) is 18.5. The van der Waals surface area contributed by atoms with E-state index in [2.05, 4.69) is 45.5 Å². The van der Waals surface area contributed by atoms with Gasteiger partial charge in [0.05, 0.1) is 11.1 Å². The Morgan fingerprint density at radius 2 is 1.92 bits per heavy atom. The Balaban J connectivity index is 1.68. The predicted molar refractivity (Wildman–Crippen MR) is 150 cm³/mol. The first kappa shape index (κ1) is 28.8. The summed E-state index contributed by atoms with van der Waals surface area (Å²) in [5, 5.41) is 15.6. The van der Waals surface area contributed by atoms with Gasteiger partial charge in [0.25, 0.3) is 0 Å². The van der Waals surface area contributed by atoms with Crippen molar-refractivity contribution in [2.45, 2.75) is 43.8 Å². The lowest BCUT2D eigenvalue weighted by atomic mass is 9.86.